The summed E-state index contributed by atoms with van der Waals surface area (Å²) in [6.07, 6.45) is -0.902. The number of carboxylic acid groups (broad SMARTS) is 2. The molecule has 88 valence electrons. The van der Waals surface area contributed by atoms with Crippen molar-refractivity contribution >= 4 is 17.8 Å². The molecule has 0 saturated heterocycles. The lowest BCUT2D eigenvalue weighted by atomic mass is 10.1. The van der Waals surface area contributed by atoms with Crippen molar-refractivity contribution in [2.24, 2.45) is 16.8 Å². The van der Waals surface area contributed by atoms with Gasteiger partial charge >= 0.3 is 6.16 Å². The zero-order valence-electron chi connectivity index (χ0n) is 9.11. The Bertz CT molecular complexity index is 234. The van der Waals surface area contributed by atoms with Crippen molar-refractivity contribution in [2.75, 3.05) is 0 Å². The van der Waals surface area contributed by atoms with Gasteiger partial charge in [0.15, 0.2) is 0 Å². The predicted molar refractivity (Wildman–Crippen MR) is 58.3 cm³/mol. The van der Waals surface area contributed by atoms with Crippen LogP contribution in [0.5, 0.6) is 0 Å². The standard InChI is InChI=1S/C7H16N4.CH2O3/c1-5(2)4-6(3)10-11-7(8)9;2-1(3)4/h5H,4H2,1-3H3,(H4,8,9,11);(H2,2,3,4)/b10-6+;. The number of nitrogens with two attached hydrogens (primary N) is 1. The Balaban J connectivity index is 0. The van der Waals surface area contributed by atoms with Gasteiger partial charge in [0.2, 0.25) is 5.96 Å². The van der Waals surface area contributed by atoms with Crippen molar-refractivity contribution in [1.82, 2.24) is 5.43 Å². The molecule has 0 amide bonds. The molecule has 0 aromatic heterocycles. The highest BCUT2D eigenvalue weighted by Gasteiger charge is 1.96. The minimum Gasteiger partial charge on any atom is -0.450 e. The summed E-state index contributed by atoms with van der Waals surface area (Å²) in [5.41, 5.74) is 8.40. The highest BCUT2D eigenvalue weighted by molar-refractivity contribution is 5.84. The summed E-state index contributed by atoms with van der Waals surface area (Å²) in [6, 6.07) is 0. The number of rotatable bonds is 3. The second-order valence-corrected chi connectivity index (χ2v) is 3.25. The molecule has 0 heterocycles. The molecular weight excluding hydrogens is 200 g/mol. The van der Waals surface area contributed by atoms with E-state index in [4.69, 9.17) is 26.2 Å². The lowest BCUT2D eigenvalue weighted by Crippen LogP contribution is -2.26. The first kappa shape index (κ1) is 15.7. The predicted octanol–water partition coefficient (Wildman–Crippen LogP) is 1.11. The van der Waals surface area contributed by atoms with Crippen LogP contribution in [0.4, 0.5) is 4.79 Å². The van der Waals surface area contributed by atoms with Gasteiger partial charge in [-0.25, -0.2) is 10.2 Å². The maximum Gasteiger partial charge on any atom is 0.503 e. The van der Waals surface area contributed by atoms with E-state index in [1.807, 2.05) is 6.92 Å². The van der Waals surface area contributed by atoms with Gasteiger partial charge < -0.3 is 15.9 Å². The van der Waals surface area contributed by atoms with Gasteiger partial charge in [-0.05, 0) is 19.3 Å². The highest BCUT2D eigenvalue weighted by Crippen LogP contribution is 1.99. The van der Waals surface area contributed by atoms with E-state index in [1.165, 1.54) is 0 Å². The van der Waals surface area contributed by atoms with Crippen molar-refractivity contribution in [3.63, 3.8) is 0 Å². The van der Waals surface area contributed by atoms with Gasteiger partial charge in [0.25, 0.3) is 0 Å². The summed E-state index contributed by atoms with van der Waals surface area (Å²) in [5, 5.41) is 24.7. The van der Waals surface area contributed by atoms with Crippen LogP contribution in [0, 0.1) is 11.3 Å². The molecule has 7 heteroatoms. The zero-order chi connectivity index (χ0) is 12.4. The lowest BCUT2D eigenvalue weighted by molar-refractivity contribution is 0.137. The Kier molecular flexibility index (Phi) is 9.19. The fourth-order valence-electron chi connectivity index (χ4n) is 0.792. The zero-order valence-corrected chi connectivity index (χ0v) is 9.11. The van der Waals surface area contributed by atoms with Crippen LogP contribution in [-0.2, 0) is 0 Å². The van der Waals surface area contributed by atoms with Crippen LogP contribution >= 0.6 is 0 Å². The van der Waals surface area contributed by atoms with E-state index < -0.39 is 6.16 Å². The highest BCUT2D eigenvalue weighted by atomic mass is 16.6. The number of guanidine groups is 1. The number of nitrogens with one attached hydrogen (secondary N) is 2. The maximum atomic E-state index is 8.56. The average Bonchev–Trinajstić information content (AvgIpc) is 1.98. The minimum atomic E-state index is -1.83. The molecule has 0 aliphatic carbocycles. The molecule has 0 rings (SSSR count). The van der Waals surface area contributed by atoms with Crippen molar-refractivity contribution in [3.05, 3.63) is 0 Å². The van der Waals surface area contributed by atoms with Gasteiger partial charge in [0.1, 0.15) is 0 Å². The Morgan fingerprint density at radius 1 is 1.53 bits per heavy atom. The summed E-state index contributed by atoms with van der Waals surface area (Å²) in [4.78, 5) is 8.56. The molecule has 0 aromatic carbocycles. The van der Waals surface area contributed by atoms with E-state index in [2.05, 4.69) is 24.4 Å². The molecule has 15 heavy (non-hydrogen) atoms. The minimum absolute atomic E-state index is 0.117. The smallest absolute Gasteiger partial charge is 0.450 e. The average molecular weight is 218 g/mol. The van der Waals surface area contributed by atoms with Gasteiger partial charge in [-0.2, -0.15) is 5.10 Å². The second kappa shape index (κ2) is 8.79. The number of hydrogen-bond donors (Lipinski definition) is 5. The van der Waals surface area contributed by atoms with Gasteiger partial charge in [-0.3, -0.25) is 5.41 Å². The van der Waals surface area contributed by atoms with E-state index in [9.17, 15) is 0 Å². The monoisotopic (exact) mass is 218 g/mol. The summed E-state index contributed by atoms with van der Waals surface area (Å²) >= 11 is 0. The van der Waals surface area contributed by atoms with E-state index in [-0.39, 0.29) is 5.96 Å². The van der Waals surface area contributed by atoms with Crippen LogP contribution in [0.25, 0.3) is 0 Å². The third-order valence-corrected chi connectivity index (χ3v) is 1.07. The molecule has 6 N–H and O–H groups in total. The Hall–Kier alpha value is -1.79. The summed E-state index contributed by atoms with van der Waals surface area (Å²) < 4.78 is 0. The molecule has 0 aliphatic heterocycles. The quantitative estimate of drug-likeness (QED) is 0.275. The van der Waals surface area contributed by atoms with Crippen LogP contribution in [-0.4, -0.2) is 28.0 Å². The van der Waals surface area contributed by atoms with Crippen molar-refractivity contribution in [1.29, 1.82) is 5.41 Å². The summed E-state index contributed by atoms with van der Waals surface area (Å²) in [7, 11) is 0. The van der Waals surface area contributed by atoms with Crippen LogP contribution in [0.2, 0.25) is 0 Å². The van der Waals surface area contributed by atoms with Crippen molar-refractivity contribution in [3.8, 4) is 0 Å². The fraction of sp³-hybridized carbons (Fsp3) is 0.625. The van der Waals surface area contributed by atoms with Crippen molar-refractivity contribution in [2.45, 2.75) is 27.2 Å². The third-order valence-electron chi connectivity index (χ3n) is 1.07. The molecule has 0 saturated carbocycles. The van der Waals surface area contributed by atoms with E-state index in [1.54, 1.807) is 0 Å². The number of carbonyl (C=O) groups is 1. The normalized spacial score (nSPS) is 10.3. The molecule has 0 radical (unpaired) electrons. The second-order valence-electron chi connectivity index (χ2n) is 3.25. The SMILES string of the molecule is C/C(CC(C)C)=N\NC(=N)N.O=C(O)O. The molecule has 0 aliphatic rings. The molecule has 0 aromatic rings. The fourth-order valence-corrected chi connectivity index (χ4v) is 0.792. The summed E-state index contributed by atoms with van der Waals surface area (Å²) in [6.45, 7) is 6.15. The Labute approximate surface area is 88.5 Å². The van der Waals surface area contributed by atoms with E-state index in [0.717, 1.165) is 12.1 Å². The Morgan fingerprint density at radius 2 is 1.93 bits per heavy atom. The maximum absolute atomic E-state index is 8.56. The molecule has 0 fully saturated rings. The molecule has 0 bridgehead atoms. The number of hydrogen-bond acceptors (Lipinski definition) is 3. The topological polar surface area (TPSA) is 132 Å². The van der Waals surface area contributed by atoms with Crippen molar-refractivity contribution < 1.29 is 15.0 Å². The molecule has 0 atom stereocenters. The lowest BCUT2D eigenvalue weighted by Gasteiger charge is -2.03. The first-order valence-electron chi connectivity index (χ1n) is 4.30. The molecule has 0 unspecified atom stereocenters. The van der Waals surface area contributed by atoms with Crippen LogP contribution in [0.3, 0.4) is 0 Å². The van der Waals surface area contributed by atoms with Gasteiger partial charge in [-0.15, -0.1) is 0 Å². The van der Waals surface area contributed by atoms with Crippen LogP contribution < -0.4 is 11.2 Å². The first-order chi connectivity index (χ1) is 6.75. The summed E-state index contributed by atoms with van der Waals surface area (Å²) in [5.74, 6) is 0.473. The van der Waals surface area contributed by atoms with Gasteiger partial charge in [-0.1, -0.05) is 13.8 Å². The largest absolute Gasteiger partial charge is 0.503 e. The third kappa shape index (κ3) is 24.5. The van der Waals surface area contributed by atoms with E-state index >= 15 is 0 Å². The molecule has 7 nitrogen and oxygen atoms in total. The van der Waals surface area contributed by atoms with Crippen LogP contribution in [0.15, 0.2) is 5.10 Å². The first-order valence-corrected chi connectivity index (χ1v) is 4.30. The molecule has 0 spiro atoms. The van der Waals surface area contributed by atoms with E-state index in [0.29, 0.717) is 5.92 Å². The molecular formula is C8H18N4O3. The van der Waals surface area contributed by atoms with Crippen LogP contribution in [0.1, 0.15) is 27.2 Å². The number of nitrogens with zero attached hydrogens (tertiary/aromatic N) is 1. The Morgan fingerprint density at radius 3 is 2.20 bits per heavy atom. The van der Waals surface area contributed by atoms with Gasteiger partial charge in [0, 0.05) is 5.71 Å². The number of hydrazone groups is 1. The van der Waals surface area contributed by atoms with Gasteiger partial charge in [0.05, 0.1) is 0 Å².